The average molecular weight is 315 g/mol. The van der Waals surface area contributed by atoms with E-state index in [1.165, 1.54) is 12.1 Å². The lowest BCUT2D eigenvalue weighted by atomic mass is 10.1. The van der Waals surface area contributed by atoms with Gasteiger partial charge in [-0.05, 0) is 18.2 Å². The van der Waals surface area contributed by atoms with Crippen LogP contribution in [0.1, 0.15) is 5.56 Å². The number of benzene rings is 1. The molecule has 2 heterocycles. The second-order valence-corrected chi connectivity index (χ2v) is 5.37. The van der Waals surface area contributed by atoms with Crippen molar-refractivity contribution in [1.82, 2.24) is 14.9 Å². The summed E-state index contributed by atoms with van der Waals surface area (Å²) in [6.45, 7) is 3.78. The van der Waals surface area contributed by atoms with Crippen molar-refractivity contribution in [3.63, 3.8) is 0 Å². The van der Waals surface area contributed by atoms with E-state index < -0.39 is 0 Å². The molecule has 6 nitrogen and oxygen atoms in total. The van der Waals surface area contributed by atoms with E-state index in [1.54, 1.807) is 30.6 Å². The average Bonchev–Trinajstić information content (AvgIpc) is 2.62. The van der Waals surface area contributed by atoms with Crippen LogP contribution in [0.4, 0.5) is 10.3 Å². The highest BCUT2D eigenvalue weighted by Gasteiger charge is 2.20. The normalized spacial score (nSPS) is 16.6. The predicted molar refractivity (Wildman–Crippen MR) is 85.4 cm³/mol. The van der Waals surface area contributed by atoms with E-state index in [2.05, 4.69) is 24.9 Å². The van der Waals surface area contributed by atoms with Crippen LogP contribution in [0.5, 0.6) is 0 Å². The minimum Gasteiger partial charge on any atom is -0.411 e. The largest absolute Gasteiger partial charge is 0.411 e. The zero-order valence-electron chi connectivity index (χ0n) is 12.6. The monoisotopic (exact) mass is 315 g/mol. The van der Waals surface area contributed by atoms with Crippen molar-refractivity contribution >= 4 is 11.7 Å². The van der Waals surface area contributed by atoms with Crippen LogP contribution in [-0.4, -0.2) is 58.5 Å². The molecule has 120 valence electrons. The lowest BCUT2D eigenvalue weighted by molar-refractivity contribution is 0.279. The van der Waals surface area contributed by atoms with Crippen LogP contribution in [-0.2, 0) is 0 Å². The van der Waals surface area contributed by atoms with Crippen LogP contribution >= 0.6 is 0 Å². The highest BCUT2D eigenvalue weighted by Crippen LogP contribution is 2.11. The smallest absolute Gasteiger partial charge is 0.225 e. The van der Waals surface area contributed by atoms with Crippen molar-refractivity contribution in [3.05, 3.63) is 54.1 Å². The molecule has 7 heteroatoms. The summed E-state index contributed by atoms with van der Waals surface area (Å²) in [6.07, 6.45) is 3.47. The van der Waals surface area contributed by atoms with Gasteiger partial charge in [0.1, 0.15) is 11.5 Å². The maximum absolute atomic E-state index is 13.0. The highest BCUT2D eigenvalue weighted by molar-refractivity contribution is 6.01. The van der Waals surface area contributed by atoms with E-state index >= 15 is 0 Å². The third-order valence-electron chi connectivity index (χ3n) is 3.88. The fourth-order valence-electron chi connectivity index (χ4n) is 2.60. The van der Waals surface area contributed by atoms with Crippen molar-refractivity contribution in [2.45, 2.75) is 0 Å². The van der Waals surface area contributed by atoms with Gasteiger partial charge in [0.05, 0.1) is 0 Å². The van der Waals surface area contributed by atoms with Crippen molar-refractivity contribution in [3.8, 4) is 0 Å². The molecule has 1 aromatic heterocycles. The van der Waals surface area contributed by atoms with Crippen LogP contribution in [0.25, 0.3) is 0 Å². The fourth-order valence-corrected chi connectivity index (χ4v) is 2.60. The van der Waals surface area contributed by atoms with E-state index in [0.29, 0.717) is 12.3 Å². The first-order chi connectivity index (χ1) is 11.3. The van der Waals surface area contributed by atoms with Crippen LogP contribution in [0.3, 0.4) is 0 Å². The van der Waals surface area contributed by atoms with Gasteiger partial charge in [0.25, 0.3) is 0 Å². The number of nitrogens with zero attached hydrogens (tertiary/aromatic N) is 5. The lowest BCUT2D eigenvalue weighted by Crippen LogP contribution is -2.48. The molecule has 0 aliphatic carbocycles. The predicted octanol–water partition coefficient (Wildman–Crippen LogP) is 1.62. The Bertz CT molecular complexity index is 654. The molecule has 1 saturated heterocycles. The number of hydrogen-bond donors (Lipinski definition) is 1. The number of hydrogen-bond acceptors (Lipinski definition) is 6. The number of oxime groups is 1. The molecular formula is C16H18FN5O. The van der Waals surface area contributed by atoms with Crippen molar-refractivity contribution in [1.29, 1.82) is 0 Å². The van der Waals surface area contributed by atoms with Crippen LogP contribution < -0.4 is 4.90 Å². The standard InChI is InChI=1S/C16H18FN5O/c17-14-4-2-13(3-5-14)15(20-23)12-21-8-10-22(11-9-21)16-18-6-1-7-19-16/h1-7,23H,8-12H2/b20-15-. The Hall–Kier alpha value is -2.54. The minimum atomic E-state index is -0.303. The van der Waals surface area contributed by atoms with Crippen LogP contribution in [0.15, 0.2) is 47.9 Å². The Morgan fingerprint density at radius 3 is 2.35 bits per heavy atom. The molecular weight excluding hydrogens is 297 g/mol. The van der Waals surface area contributed by atoms with Gasteiger partial charge in [0.15, 0.2) is 0 Å². The van der Waals surface area contributed by atoms with Gasteiger partial charge < -0.3 is 10.1 Å². The molecule has 0 spiro atoms. The summed E-state index contributed by atoms with van der Waals surface area (Å²) in [5, 5.41) is 12.6. The fraction of sp³-hybridized carbons (Fsp3) is 0.312. The van der Waals surface area contributed by atoms with Crippen molar-refractivity contribution in [2.24, 2.45) is 5.16 Å². The molecule has 1 aromatic carbocycles. The molecule has 0 amide bonds. The number of piperazine rings is 1. The number of anilines is 1. The van der Waals surface area contributed by atoms with Gasteiger partial charge in [-0.25, -0.2) is 14.4 Å². The van der Waals surface area contributed by atoms with Crippen LogP contribution in [0.2, 0.25) is 0 Å². The van der Waals surface area contributed by atoms with E-state index in [9.17, 15) is 9.60 Å². The van der Waals surface area contributed by atoms with Gasteiger partial charge in [-0.1, -0.05) is 17.3 Å². The molecule has 0 unspecified atom stereocenters. The topological polar surface area (TPSA) is 64.9 Å². The summed E-state index contributed by atoms with van der Waals surface area (Å²) in [7, 11) is 0. The first-order valence-corrected chi connectivity index (χ1v) is 7.47. The van der Waals surface area contributed by atoms with Gasteiger partial charge in [-0.15, -0.1) is 0 Å². The molecule has 1 N–H and O–H groups in total. The van der Waals surface area contributed by atoms with Crippen molar-refractivity contribution in [2.75, 3.05) is 37.6 Å². The molecule has 23 heavy (non-hydrogen) atoms. The zero-order valence-corrected chi connectivity index (χ0v) is 12.6. The summed E-state index contributed by atoms with van der Waals surface area (Å²) >= 11 is 0. The third-order valence-corrected chi connectivity index (χ3v) is 3.88. The SMILES string of the molecule is O/N=C(/CN1CCN(c2ncccn2)CC1)c1ccc(F)cc1. The van der Waals surface area contributed by atoms with Gasteiger partial charge >= 0.3 is 0 Å². The van der Waals surface area contributed by atoms with Gasteiger partial charge in [-0.3, -0.25) is 4.90 Å². The van der Waals surface area contributed by atoms with E-state index in [4.69, 9.17) is 0 Å². The molecule has 1 aliphatic rings. The van der Waals surface area contributed by atoms with E-state index in [-0.39, 0.29) is 5.82 Å². The van der Waals surface area contributed by atoms with Gasteiger partial charge in [-0.2, -0.15) is 0 Å². The summed E-state index contributed by atoms with van der Waals surface area (Å²) in [6, 6.07) is 7.78. The molecule has 0 saturated carbocycles. The Morgan fingerprint density at radius 1 is 1.09 bits per heavy atom. The molecule has 3 rings (SSSR count). The Morgan fingerprint density at radius 2 is 1.74 bits per heavy atom. The maximum Gasteiger partial charge on any atom is 0.225 e. The lowest BCUT2D eigenvalue weighted by Gasteiger charge is -2.34. The van der Waals surface area contributed by atoms with Crippen molar-refractivity contribution < 1.29 is 9.60 Å². The Balaban J connectivity index is 1.58. The summed E-state index contributed by atoms with van der Waals surface area (Å²) in [5.41, 5.74) is 1.26. The maximum atomic E-state index is 13.0. The summed E-state index contributed by atoms with van der Waals surface area (Å²) in [5.74, 6) is 0.434. The molecule has 0 atom stereocenters. The molecule has 1 aliphatic heterocycles. The zero-order chi connectivity index (χ0) is 16.1. The molecule has 2 aromatic rings. The van der Waals surface area contributed by atoms with Gasteiger partial charge in [0, 0.05) is 50.7 Å². The number of rotatable bonds is 4. The van der Waals surface area contributed by atoms with Gasteiger partial charge in [0.2, 0.25) is 5.95 Å². The minimum absolute atomic E-state index is 0.303. The number of aromatic nitrogens is 2. The molecule has 1 fully saturated rings. The highest BCUT2D eigenvalue weighted by atomic mass is 19.1. The van der Waals surface area contributed by atoms with E-state index in [1.807, 2.05) is 0 Å². The second-order valence-electron chi connectivity index (χ2n) is 5.37. The second kappa shape index (κ2) is 7.15. The Kier molecular flexibility index (Phi) is 4.77. The number of halogens is 1. The Labute approximate surface area is 133 Å². The summed E-state index contributed by atoms with van der Waals surface area (Å²) < 4.78 is 13.0. The first-order valence-electron chi connectivity index (χ1n) is 7.47. The quantitative estimate of drug-likeness (QED) is 0.528. The molecule has 0 radical (unpaired) electrons. The van der Waals surface area contributed by atoms with E-state index in [0.717, 1.165) is 37.7 Å². The molecule has 0 bridgehead atoms. The third kappa shape index (κ3) is 3.81. The first kappa shape index (κ1) is 15.4. The summed E-state index contributed by atoms with van der Waals surface area (Å²) in [4.78, 5) is 12.8. The van der Waals surface area contributed by atoms with Crippen LogP contribution in [0, 0.1) is 5.82 Å².